The number of morpholine rings is 1. The Labute approximate surface area is 280 Å². The van der Waals surface area contributed by atoms with E-state index in [-0.39, 0.29) is 24.0 Å². The van der Waals surface area contributed by atoms with E-state index in [9.17, 15) is 9.59 Å². The molecular weight excluding hydrogens is 606 g/mol. The maximum atomic E-state index is 13.4. The van der Waals surface area contributed by atoms with Crippen LogP contribution in [0, 0.1) is 6.92 Å². The lowest BCUT2D eigenvalue weighted by atomic mass is 9.92. The molecule has 0 unspecified atom stereocenters. The van der Waals surface area contributed by atoms with Crippen molar-refractivity contribution in [3.05, 3.63) is 102 Å². The highest BCUT2D eigenvalue weighted by Crippen LogP contribution is 2.33. The quantitative estimate of drug-likeness (QED) is 0.167. The number of nitrogens with one attached hydrogen (secondary N) is 3. The lowest BCUT2D eigenvalue weighted by molar-refractivity contribution is -0.118. The predicted molar refractivity (Wildman–Crippen MR) is 188 cm³/mol. The number of pyridine rings is 1. The maximum absolute atomic E-state index is 13.4. The van der Waals surface area contributed by atoms with E-state index >= 15 is 0 Å². The summed E-state index contributed by atoms with van der Waals surface area (Å²) in [7, 11) is 0. The molecule has 48 heavy (non-hydrogen) atoms. The van der Waals surface area contributed by atoms with Crippen LogP contribution in [-0.4, -0.2) is 64.5 Å². The van der Waals surface area contributed by atoms with Gasteiger partial charge >= 0.3 is 6.03 Å². The van der Waals surface area contributed by atoms with Crippen LogP contribution in [0.25, 0.3) is 16.5 Å². The van der Waals surface area contributed by atoms with Crippen molar-refractivity contribution in [2.45, 2.75) is 39.7 Å². The molecule has 0 saturated carbocycles. The molecule has 0 atom stereocenters. The average molecular weight is 648 g/mol. The van der Waals surface area contributed by atoms with Gasteiger partial charge in [0.15, 0.2) is 0 Å². The first-order valence-corrected chi connectivity index (χ1v) is 16.1. The number of amides is 3. The summed E-state index contributed by atoms with van der Waals surface area (Å²) in [6.07, 6.45) is 1.65. The van der Waals surface area contributed by atoms with E-state index in [2.05, 4.69) is 46.6 Å². The molecule has 11 heteroatoms. The highest BCUT2D eigenvalue weighted by Gasteiger charge is 2.22. The van der Waals surface area contributed by atoms with Gasteiger partial charge in [-0.1, -0.05) is 62.7 Å². The number of nitrogens with zero attached hydrogens (tertiary/aromatic N) is 4. The molecule has 1 aliphatic rings. The molecule has 0 radical (unpaired) electrons. The van der Waals surface area contributed by atoms with E-state index in [4.69, 9.17) is 14.6 Å². The molecule has 0 aliphatic carbocycles. The van der Waals surface area contributed by atoms with Crippen LogP contribution in [0.3, 0.4) is 0 Å². The Kier molecular flexibility index (Phi) is 9.70. The summed E-state index contributed by atoms with van der Waals surface area (Å²) in [4.78, 5) is 32.3. The minimum absolute atomic E-state index is 0.116. The molecule has 0 spiro atoms. The highest BCUT2D eigenvalue weighted by molar-refractivity contribution is 6.07. The van der Waals surface area contributed by atoms with Gasteiger partial charge in [-0.15, -0.1) is 0 Å². The van der Waals surface area contributed by atoms with Gasteiger partial charge in [0, 0.05) is 41.5 Å². The van der Waals surface area contributed by atoms with Crippen LogP contribution in [0.5, 0.6) is 5.75 Å². The van der Waals surface area contributed by atoms with Crippen molar-refractivity contribution in [2.75, 3.05) is 48.8 Å². The monoisotopic (exact) mass is 647 g/mol. The minimum Gasteiger partial charge on any atom is -0.488 e. The van der Waals surface area contributed by atoms with Gasteiger partial charge in [0.1, 0.15) is 24.0 Å². The van der Waals surface area contributed by atoms with Crippen molar-refractivity contribution in [3.63, 3.8) is 0 Å². The molecule has 3 N–H and O–H groups in total. The van der Waals surface area contributed by atoms with Gasteiger partial charge in [0.2, 0.25) is 5.91 Å². The molecule has 3 amide bonds. The van der Waals surface area contributed by atoms with Gasteiger partial charge in [-0.2, -0.15) is 5.10 Å². The normalized spacial score (nSPS) is 13.7. The second kappa shape index (κ2) is 14.2. The summed E-state index contributed by atoms with van der Waals surface area (Å²) < 4.78 is 13.4. The lowest BCUT2D eigenvalue weighted by Gasteiger charge is -2.25. The zero-order chi connectivity index (χ0) is 33.7. The zero-order valence-corrected chi connectivity index (χ0v) is 27.7. The molecule has 1 fully saturated rings. The largest absolute Gasteiger partial charge is 0.488 e. The molecule has 0 bridgehead atoms. The van der Waals surface area contributed by atoms with E-state index in [1.54, 1.807) is 10.9 Å². The van der Waals surface area contributed by atoms with Gasteiger partial charge < -0.3 is 20.1 Å². The van der Waals surface area contributed by atoms with Crippen molar-refractivity contribution < 1.29 is 19.1 Å². The van der Waals surface area contributed by atoms with Gasteiger partial charge in [0.05, 0.1) is 36.8 Å². The van der Waals surface area contributed by atoms with Crippen LogP contribution in [0.2, 0.25) is 0 Å². The van der Waals surface area contributed by atoms with Crippen molar-refractivity contribution in [1.29, 1.82) is 0 Å². The molecule has 6 rings (SSSR count). The molecule has 3 heterocycles. The Bertz CT molecular complexity index is 1910. The second-order valence-electron chi connectivity index (χ2n) is 12.9. The number of aryl methyl sites for hydroxylation is 1. The first-order chi connectivity index (χ1) is 23.1. The number of carbonyl (C=O) groups excluding carboxylic acids is 2. The summed E-state index contributed by atoms with van der Waals surface area (Å²) in [6.45, 7) is 11.6. The Balaban J connectivity index is 1.14. The smallest absolute Gasteiger partial charge is 0.324 e. The van der Waals surface area contributed by atoms with Gasteiger partial charge in [-0.3, -0.25) is 15.0 Å². The van der Waals surface area contributed by atoms with Crippen LogP contribution in [-0.2, 0) is 21.6 Å². The van der Waals surface area contributed by atoms with Crippen LogP contribution >= 0.6 is 0 Å². The Morgan fingerprint density at radius 1 is 0.896 bits per heavy atom. The molecule has 248 valence electrons. The van der Waals surface area contributed by atoms with E-state index in [0.29, 0.717) is 42.8 Å². The van der Waals surface area contributed by atoms with Crippen molar-refractivity contribution in [3.8, 4) is 11.4 Å². The molecule has 11 nitrogen and oxygen atoms in total. The summed E-state index contributed by atoms with van der Waals surface area (Å²) in [5.74, 6) is 1.59. The van der Waals surface area contributed by atoms with Gasteiger partial charge in [-0.25, -0.2) is 14.5 Å². The molecular formula is C37H41N7O4. The lowest BCUT2D eigenvalue weighted by Crippen LogP contribution is -2.41. The van der Waals surface area contributed by atoms with Crippen LogP contribution in [0.4, 0.5) is 22.1 Å². The van der Waals surface area contributed by atoms with E-state index in [1.165, 1.54) is 0 Å². The van der Waals surface area contributed by atoms with Crippen LogP contribution < -0.4 is 20.7 Å². The van der Waals surface area contributed by atoms with Gasteiger partial charge in [-0.05, 0) is 48.9 Å². The predicted octanol–water partition coefficient (Wildman–Crippen LogP) is 6.52. The van der Waals surface area contributed by atoms with E-state index in [0.717, 1.165) is 46.4 Å². The fraction of sp³-hybridized carbons (Fsp3) is 0.297. The SMILES string of the molecule is Cc1ccc(-n2nc(C(C)(C)C)cc2NC(=O)Nc2ccc(OCc3ccnc(NC(=O)CN4CCOCC4)c3)c3ccccc23)cc1. The average Bonchev–Trinajstić information content (AvgIpc) is 3.49. The van der Waals surface area contributed by atoms with Crippen molar-refractivity contribution >= 4 is 40.0 Å². The fourth-order valence-electron chi connectivity index (χ4n) is 5.43. The topological polar surface area (TPSA) is 123 Å². The number of fused-ring (bicyclic) bond motifs is 1. The van der Waals surface area contributed by atoms with Crippen molar-refractivity contribution in [1.82, 2.24) is 19.7 Å². The number of ether oxygens (including phenoxy) is 2. The summed E-state index contributed by atoms with van der Waals surface area (Å²) >= 11 is 0. The third-order valence-corrected chi connectivity index (χ3v) is 8.09. The third-order valence-electron chi connectivity index (χ3n) is 8.09. The Morgan fingerprint density at radius 2 is 1.65 bits per heavy atom. The maximum Gasteiger partial charge on any atom is 0.324 e. The summed E-state index contributed by atoms with van der Waals surface area (Å²) in [5.41, 5.74) is 4.16. The standard InChI is InChI=1S/C37H41N7O4/c1-25-9-11-27(12-10-25)44-34(22-32(42-44)37(2,3)4)41-36(46)39-30-13-14-31(29-8-6-5-7-28(29)30)48-24-26-15-16-38-33(21-26)40-35(45)23-43-17-19-47-20-18-43/h5-16,21-22H,17-20,23-24H2,1-4H3,(H,38,40,45)(H2,39,41,46). The van der Waals surface area contributed by atoms with Crippen molar-refractivity contribution in [2.24, 2.45) is 0 Å². The third kappa shape index (κ3) is 7.99. The molecule has 1 aliphatic heterocycles. The molecule has 1 saturated heterocycles. The molecule has 2 aromatic heterocycles. The number of rotatable bonds is 9. The number of aromatic nitrogens is 3. The Morgan fingerprint density at radius 3 is 2.40 bits per heavy atom. The summed E-state index contributed by atoms with van der Waals surface area (Å²) in [5, 5.41) is 15.4. The fourth-order valence-corrected chi connectivity index (χ4v) is 5.43. The van der Waals surface area contributed by atoms with E-state index < -0.39 is 0 Å². The highest BCUT2D eigenvalue weighted by atomic mass is 16.5. The minimum atomic E-state index is -0.387. The number of urea groups is 1. The number of hydrogen-bond donors (Lipinski definition) is 3. The van der Waals surface area contributed by atoms with Crippen LogP contribution in [0.1, 0.15) is 37.6 Å². The van der Waals surface area contributed by atoms with E-state index in [1.807, 2.05) is 85.8 Å². The number of carbonyl (C=O) groups is 2. The summed E-state index contributed by atoms with van der Waals surface area (Å²) in [6, 6.07) is 24.6. The van der Waals surface area contributed by atoms with Crippen LogP contribution in [0.15, 0.2) is 85.1 Å². The number of benzene rings is 3. The zero-order valence-electron chi connectivity index (χ0n) is 27.7. The molecule has 5 aromatic rings. The van der Waals surface area contributed by atoms with Gasteiger partial charge in [0.25, 0.3) is 0 Å². The second-order valence-corrected chi connectivity index (χ2v) is 12.9. The molecule has 3 aromatic carbocycles. The number of anilines is 3. The Hall–Kier alpha value is -5.26. The first kappa shape index (κ1) is 32.7. The first-order valence-electron chi connectivity index (χ1n) is 16.1. The number of hydrogen-bond acceptors (Lipinski definition) is 7.